The number of anilines is 1. The number of carbonyl (C=O) groups excluding carboxylic acids is 1. The van der Waals surface area contributed by atoms with E-state index >= 15 is 0 Å². The lowest BCUT2D eigenvalue weighted by Crippen LogP contribution is -2.27. The van der Waals surface area contributed by atoms with Crippen LogP contribution in [0.4, 0.5) is 5.69 Å². The Morgan fingerprint density at radius 3 is 2.85 bits per heavy atom. The molecule has 0 bridgehead atoms. The van der Waals surface area contributed by atoms with Crippen LogP contribution in [0.2, 0.25) is 5.02 Å². The average molecular weight is 287 g/mol. The molecule has 4 heteroatoms. The van der Waals surface area contributed by atoms with E-state index in [9.17, 15) is 4.79 Å². The monoisotopic (exact) mass is 286 g/mol. The van der Waals surface area contributed by atoms with Crippen molar-refractivity contribution in [3.05, 3.63) is 64.2 Å². The molecule has 0 spiro atoms. The van der Waals surface area contributed by atoms with Crippen LogP contribution in [0.25, 0.3) is 0 Å². The molecule has 3 N–H and O–H groups in total. The van der Waals surface area contributed by atoms with E-state index in [0.717, 1.165) is 12.8 Å². The first-order valence-corrected chi connectivity index (χ1v) is 6.96. The van der Waals surface area contributed by atoms with Crippen molar-refractivity contribution in [1.29, 1.82) is 0 Å². The van der Waals surface area contributed by atoms with E-state index in [1.165, 1.54) is 11.1 Å². The molecule has 0 saturated heterocycles. The van der Waals surface area contributed by atoms with Gasteiger partial charge in [0.15, 0.2) is 0 Å². The van der Waals surface area contributed by atoms with Gasteiger partial charge in [0.1, 0.15) is 0 Å². The Hall–Kier alpha value is -2.00. The second kappa shape index (κ2) is 5.17. The topological polar surface area (TPSA) is 55.1 Å². The van der Waals surface area contributed by atoms with Gasteiger partial charge in [-0.3, -0.25) is 4.79 Å². The van der Waals surface area contributed by atoms with E-state index in [-0.39, 0.29) is 11.9 Å². The van der Waals surface area contributed by atoms with Crippen LogP contribution < -0.4 is 11.1 Å². The molecule has 20 heavy (non-hydrogen) atoms. The Morgan fingerprint density at radius 1 is 1.25 bits per heavy atom. The maximum Gasteiger partial charge on any atom is 0.251 e. The van der Waals surface area contributed by atoms with Gasteiger partial charge in [0.05, 0.1) is 16.8 Å². The zero-order chi connectivity index (χ0) is 14.1. The lowest BCUT2D eigenvalue weighted by molar-refractivity contribution is 0.0937. The van der Waals surface area contributed by atoms with Crippen LogP contribution in [0.1, 0.15) is 33.9 Å². The molecule has 1 unspecified atom stereocenters. The van der Waals surface area contributed by atoms with Crippen LogP contribution in [0, 0.1) is 0 Å². The predicted octanol–water partition coefficient (Wildman–Crippen LogP) is 3.34. The molecular weight excluding hydrogens is 272 g/mol. The Morgan fingerprint density at radius 2 is 2.05 bits per heavy atom. The summed E-state index contributed by atoms with van der Waals surface area (Å²) < 4.78 is 0. The molecule has 0 saturated carbocycles. The predicted molar refractivity (Wildman–Crippen MR) is 80.8 cm³/mol. The number of hydrogen-bond donors (Lipinski definition) is 2. The van der Waals surface area contributed by atoms with Gasteiger partial charge in [-0.2, -0.15) is 0 Å². The second-order valence-corrected chi connectivity index (χ2v) is 5.41. The van der Waals surface area contributed by atoms with Gasteiger partial charge in [0.25, 0.3) is 5.91 Å². The van der Waals surface area contributed by atoms with Crippen molar-refractivity contribution in [2.45, 2.75) is 18.9 Å². The third kappa shape index (κ3) is 2.37. The smallest absolute Gasteiger partial charge is 0.251 e. The summed E-state index contributed by atoms with van der Waals surface area (Å²) in [5.41, 5.74) is 9.19. The quantitative estimate of drug-likeness (QED) is 0.832. The minimum Gasteiger partial charge on any atom is -0.398 e. The number of nitrogens with two attached hydrogens (primary N) is 1. The molecule has 1 aliphatic rings. The number of amides is 1. The molecule has 1 aliphatic carbocycles. The van der Waals surface area contributed by atoms with Crippen LogP contribution >= 0.6 is 11.6 Å². The standard InChI is InChI=1S/C16H15ClN2O/c17-13-9-11(5-7-14(13)18)16(20)19-15-8-6-10-3-1-2-4-12(10)15/h1-5,7,9,15H,6,8,18H2,(H,19,20). The summed E-state index contributed by atoms with van der Waals surface area (Å²) in [4.78, 5) is 12.3. The zero-order valence-electron chi connectivity index (χ0n) is 10.9. The molecule has 3 nitrogen and oxygen atoms in total. The summed E-state index contributed by atoms with van der Waals surface area (Å²) >= 11 is 5.95. The van der Waals surface area contributed by atoms with Gasteiger partial charge in [-0.05, 0) is 42.2 Å². The summed E-state index contributed by atoms with van der Waals surface area (Å²) in [6, 6.07) is 13.2. The van der Waals surface area contributed by atoms with Gasteiger partial charge < -0.3 is 11.1 Å². The van der Waals surface area contributed by atoms with E-state index in [0.29, 0.717) is 16.3 Å². The number of hydrogen-bond acceptors (Lipinski definition) is 2. The van der Waals surface area contributed by atoms with Gasteiger partial charge in [-0.1, -0.05) is 35.9 Å². The van der Waals surface area contributed by atoms with E-state index in [1.807, 2.05) is 12.1 Å². The van der Waals surface area contributed by atoms with Crippen LogP contribution in [-0.4, -0.2) is 5.91 Å². The molecule has 3 rings (SSSR count). The summed E-state index contributed by atoms with van der Waals surface area (Å²) in [6.07, 6.45) is 1.94. The highest BCUT2D eigenvalue weighted by atomic mass is 35.5. The molecule has 1 amide bonds. The maximum absolute atomic E-state index is 12.3. The highest BCUT2D eigenvalue weighted by Crippen LogP contribution is 2.31. The second-order valence-electron chi connectivity index (χ2n) is 5.00. The first kappa shape index (κ1) is 13.0. The summed E-state index contributed by atoms with van der Waals surface area (Å²) in [5, 5.41) is 3.47. The number of aryl methyl sites for hydroxylation is 1. The summed E-state index contributed by atoms with van der Waals surface area (Å²) in [5.74, 6) is -0.117. The molecule has 2 aromatic carbocycles. The lowest BCUT2D eigenvalue weighted by Gasteiger charge is -2.14. The van der Waals surface area contributed by atoms with Gasteiger partial charge in [0, 0.05) is 5.56 Å². The highest BCUT2D eigenvalue weighted by molar-refractivity contribution is 6.33. The highest BCUT2D eigenvalue weighted by Gasteiger charge is 2.23. The Labute approximate surface area is 122 Å². The average Bonchev–Trinajstić information content (AvgIpc) is 2.85. The Bertz CT molecular complexity index is 669. The lowest BCUT2D eigenvalue weighted by atomic mass is 10.1. The molecule has 2 aromatic rings. The molecule has 0 aromatic heterocycles. The Balaban J connectivity index is 1.79. The normalized spacial score (nSPS) is 16.8. The Kier molecular flexibility index (Phi) is 3.36. The first-order chi connectivity index (χ1) is 9.65. The van der Waals surface area contributed by atoms with Gasteiger partial charge in [-0.25, -0.2) is 0 Å². The molecule has 0 fully saturated rings. The van der Waals surface area contributed by atoms with Crippen molar-refractivity contribution >= 4 is 23.2 Å². The number of halogens is 1. The maximum atomic E-state index is 12.3. The van der Waals surface area contributed by atoms with Crippen molar-refractivity contribution in [3.8, 4) is 0 Å². The van der Waals surface area contributed by atoms with E-state index in [4.69, 9.17) is 17.3 Å². The molecule has 0 radical (unpaired) electrons. The fraction of sp³-hybridized carbons (Fsp3) is 0.188. The number of fused-ring (bicyclic) bond motifs is 1. The fourth-order valence-electron chi connectivity index (χ4n) is 2.62. The first-order valence-electron chi connectivity index (χ1n) is 6.59. The number of rotatable bonds is 2. The largest absolute Gasteiger partial charge is 0.398 e. The van der Waals surface area contributed by atoms with Gasteiger partial charge in [-0.15, -0.1) is 0 Å². The molecule has 0 aliphatic heterocycles. The molecular formula is C16H15ClN2O. The minimum atomic E-state index is -0.117. The van der Waals surface area contributed by atoms with Crippen LogP contribution in [0.5, 0.6) is 0 Å². The molecule has 0 heterocycles. The summed E-state index contributed by atoms with van der Waals surface area (Å²) in [7, 11) is 0. The zero-order valence-corrected chi connectivity index (χ0v) is 11.7. The third-order valence-electron chi connectivity index (χ3n) is 3.70. The molecule has 102 valence electrons. The van der Waals surface area contributed by atoms with Crippen molar-refractivity contribution in [1.82, 2.24) is 5.32 Å². The van der Waals surface area contributed by atoms with Crippen molar-refractivity contribution < 1.29 is 4.79 Å². The fourth-order valence-corrected chi connectivity index (χ4v) is 2.80. The molecule has 1 atom stereocenters. The van der Waals surface area contributed by atoms with Crippen molar-refractivity contribution in [2.75, 3.05) is 5.73 Å². The van der Waals surface area contributed by atoms with Crippen LogP contribution in [0.15, 0.2) is 42.5 Å². The number of nitrogen functional groups attached to an aromatic ring is 1. The van der Waals surface area contributed by atoms with E-state index < -0.39 is 0 Å². The number of benzene rings is 2. The third-order valence-corrected chi connectivity index (χ3v) is 4.03. The van der Waals surface area contributed by atoms with E-state index in [1.54, 1.807) is 18.2 Å². The van der Waals surface area contributed by atoms with Crippen molar-refractivity contribution in [3.63, 3.8) is 0 Å². The van der Waals surface area contributed by atoms with Crippen molar-refractivity contribution in [2.24, 2.45) is 0 Å². The number of carbonyl (C=O) groups is 1. The van der Waals surface area contributed by atoms with Gasteiger partial charge >= 0.3 is 0 Å². The summed E-state index contributed by atoms with van der Waals surface area (Å²) in [6.45, 7) is 0. The SMILES string of the molecule is Nc1ccc(C(=O)NC2CCc3ccccc32)cc1Cl. The van der Waals surface area contributed by atoms with E-state index in [2.05, 4.69) is 17.4 Å². The number of nitrogens with one attached hydrogen (secondary N) is 1. The van der Waals surface area contributed by atoms with Gasteiger partial charge in [0.2, 0.25) is 0 Å². The van der Waals surface area contributed by atoms with Crippen LogP contribution in [0.3, 0.4) is 0 Å². The van der Waals surface area contributed by atoms with Crippen LogP contribution in [-0.2, 0) is 6.42 Å². The minimum absolute atomic E-state index is 0.0787.